The molecule has 0 fully saturated rings. The van der Waals surface area contributed by atoms with Crippen molar-refractivity contribution in [2.45, 2.75) is 13.5 Å². The topological polar surface area (TPSA) is 97.7 Å². The highest BCUT2D eigenvalue weighted by molar-refractivity contribution is 6.09. The van der Waals surface area contributed by atoms with Crippen molar-refractivity contribution in [3.8, 4) is 17.6 Å². The Labute approximate surface area is 171 Å². The number of hydrogen-bond donors (Lipinski definition) is 1. The van der Waals surface area contributed by atoms with Gasteiger partial charge in [0.05, 0.1) is 19.3 Å². The molecule has 7 nitrogen and oxygen atoms in total. The zero-order valence-electron chi connectivity index (χ0n) is 16.1. The first kappa shape index (κ1) is 22.4. The number of ether oxygens (including phenoxy) is 3. The monoisotopic (exact) mass is 416 g/mol. The summed E-state index contributed by atoms with van der Waals surface area (Å²) in [7, 11) is 1.28. The van der Waals surface area contributed by atoms with Crippen molar-refractivity contribution in [2.24, 2.45) is 0 Å². The van der Waals surface area contributed by atoms with E-state index >= 15 is 0 Å². The van der Waals surface area contributed by atoms with Gasteiger partial charge in [-0.1, -0.05) is 6.07 Å². The van der Waals surface area contributed by atoms with Crippen LogP contribution < -0.4 is 14.8 Å². The van der Waals surface area contributed by atoms with Crippen molar-refractivity contribution < 1.29 is 32.6 Å². The fraction of sp³-hybridized carbons (Fsp3) is 0.190. The third-order valence-electron chi connectivity index (χ3n) is 3.73. The van der Waals surface area contributed by atoms with Crippen molar-refractivity contribution in [1.82, 2.24) is 0 Å². The quantitative estimate of drug-likeness (QED) is 0.397. The van der Waals surface area contributed by atoms with E-state index in [4.69, 9.17) is 9.47 Å². The molecule has 0 aliphatic heterocycles. The first-order chi connectivity index (χ1) is 14.4. The Bertz CT molecular complexity index is 982. The number of anilines is 1. The molecule has 0 unspecified atom stereocenters. The first-order valence-corrected chi connectivity index (χ1v) is 8.71. The zero-order valence-corrected chi connectivity index (χ0v) is 16.1. The van der Waals surface area contributed by atoms with Gasteiger partial charge >= 0.3 is 12.6 Å². The number of benzene rings is 2. The molecular weight excluding hydrogens is 398 g/mol. The van der Waals surface area contributed by atoms with E-state index in [1.807, 2.05) is 0 Å². The second-order valence-corrected chi connectivity index (χ2v) is 5.71. The normalized spacial score (nSPS) is 10.9. The minimum absolute atomic E-state index is 0.0244. The van der Waals surface area contributed by atoms with Gasteiger partial charge in [-0.15, -0.1) is 0 Å². The van der Waals surface area contributed by atoms with E-state index in [1.54, 1.807) is 13.0 Å². The Balaban J connectivity index is 2.17. The van der Waals surface area contributed by atoms with Gasteiger partial charge in [0, 0.05) is 5.69 Å². The molecule has 2 rings (SSSR count). The van der Waals surface area contributed by atoms with Crippen LogP contribution in [0.15, 0.2) is 48.0 Å². The number of rotatable bonds is 8. The zero-order chi connectivity index (χ0) is 22.1. The van der Waals surface area contributed by atoms with Gasteiger partial charge in [0.2, 0.25) is 0 Å². The van der Waals surface area contributed by atoms with E-state index in [0.29, 0.717) is 16.8 Å². The van der Waals surface area contributed by atoms with Crippen molar-refractivity contribution in [3.63, 3.8) is 0 Å². The van der Waals surface area contributed by atoms with E-state index in [0.717, 1.165) is 0 Å². The molecule has 2 aromatic rings. The van der Waals surface area contributed by atoms with E-state index in [1.165, 1.54) is 55.7 Å². The maximum absolute atomic E-state index is 12.4. The van der Waals surface area contributed by atoms with Crippen LogP contribution in [0.1, 0.15) is 22.8 Å². The molecule has 30 heavy (non-hydrogen) atoms. The molecule has 0 aliphatic rings. The van der Waals surface area contributed by atoms with Crippen LogP contribution in [0.2, 0.25) is 0 Å². The summed E-state index contributed by atoms with van der Waals surface area (Å²) in [6.07, 6.45) is 1.27. The van der Waals surface area contributed by atoms with Crippen LogP contribution in [0, 0.1) is 11.3 Å². The predicted octanol–water partition coefficient (Wildman–Crippen LogP) is 4.02. The van der Waals surface area contributed by atoms with Gasteiger partial charge in [0.1, 0.15) is 11.6 Å². The SMILES string of the molecule is CCOC(=O)c1ccc(NC(=O)/C(C#N)=C\c2ccc(OC(F)F)c(OC)c2)cc1. The minimum atomic E-state index is -3.02. The molecule has 0 atom stereocenters. The van der Waals surface area contributed by atoms with E-state index < -0.39 is 18.5 Å². The number of nitriles is 1. The highest BCUT2D eigenvalue weighted by Gasteiger charge is 2.14. The summed E-state index contributed by atoms with van der Waals surface area (Å²) in [6.45, 7) is -1.08. The van der Waals surface area contributed by atoms with Crippen LogP contribution in [0.25, 0.3) is 6.08 Å². The molecule has 0 saturated carbocycles. The lowest BCUT2D eigenvalue weighted by molar-refractivity contribution is -0.112. The summed E-state index contributed by atoms with van der Waals surface area (Å²) in [5.74, 6) is -1.32. The minimum Gasteiger partial charge on any atom is -0.493 e. The van der Waals surface area contributed by atoms with Gasteiger partial charge in [-0.2, -0.15) is 14.0 Å². The fourth-order valence-corrected chi connectivity index (χ4v) is 2.39. The van der Waals surface area contributed by atoms with Gasteiger partial charge in [0.15, 0.2) is 11.5 Å². The van der Waals surface area contributed by atoms with Crippen LogP contribution in [0.3, 0.4) is 0 Å². The lowest BCUT2D eigenvalue weighted by Crippen LogP contribution is -2.13. The number of methoxy groups -OCH3 is 1. The molecule has 0 saturated heterocycles. The van der Waals surface area contributed by atoms with E-state index in [9.17, 15) is 23.6 Å². The molecule has 0 aliphatic carbocycles. The summed E-state index contributed by atoms with van der Waals surface area (Å²) in [5.41, 5.74) is 0.837. The number of carbonyl (C=O) groups excluding carboxylic acids is 2. The number of hydrogen-bond acceptors (Lipinski definition) is 6. The maximum Gasteiger partial charge on any atom is 0.387 e. The van der Waals surface area contributed by atoms with Crippen molar-refractivity contribution in [2.75, 3.05) is 19.0 Å². The van der Waals surface area contributed by atoms with Crippen LogP contribution >= 0.6 is 0 Å². The summed E-state index contributed by atoms with van der Waals surface area (Å²) >= 11 is 0. The van der Waals surface area contributed by atoms with Gasteiger partial charge in [0.25, 0.3) is 5.91 Å². The summed E-state index contributed by atoms with van der Waals surface area (Å²) < 4.78 is 39.0. The van der Waals surface area contributed by atoms with Crippen LogP contribution in [-0.4, -0.2) is 32.2 Å². The average Bonchev–Trinajstić information content (AvgIpc) is 2.73. The molecule has 2 aromatic carbocycles. The standard InChI is InChI=1S/C21H18F2N2O5/c1-3-29-20(27)14-5-7-16(8-6-14)25-19(26)15(12-24)10-13-4-9-17(30-21(22)23)18(11-13)28-2/h4-11,21H,3H2,1-2H3,(H,25,26)/b15-10-. The third-order valence-corrected chi connectivity index (χ3v) is 3.73. The molecule has 0 radical (unpaired) electrons. The summed E-state index contributed by atoms with van der Waals surface area (Å²) in [6, 6.07) is 11.8. The summed E-state index contributed by atoms with van der Waals surface area (Å²) in [4.78, 5) is 24.0. The molecule has 0 bridgehead atoms. The number of alkyl halides is 2. The maximum atomic E-state index is 12.4. The first-order valence-electron chi connectivity index (χ1n) is 8.71. The lowest BCUT2D eigenvalue weighted by atomic mass is 10.1. The predicted molar refractivity (Wildman–Crippen MR) is 104 cm³/mol. The second-order valence-electron chi connectivity index (χ2n) is 5.71. The van der Waals surface area contributed by atoms with Crippen molar-refractivity contribution in [3.05, 3.63) is 59.2 Å². The average molecular weight is 416 g/mol. The molecule has 0 heterocycles. The largest absolute Gasteiger partial charge is 0.493 e. The van der Waals surface area contributed by atoms with Gasteiger partial charge in [-0.25, -0.2) is 4.79 Å². The number of carbonyl (C=O) groups is 2. The number of nitrogens with one attached hydrogen (secondary N) is 1. The Morgan fingerprint density at radius 2 is 1.87 bits per heavy atom. The van der Waals surface area contributed by atoms with Crippen molar-refractivity contribution >= 4 is 23.6 Å². The van der Waals surface area contributed by atoms with E-state index in [2.05, 4.69) is 10.1 Å². The molecule has 0 aromatic heterocycles. The molecule has 1 amide bonds. The van der Waals surface area contributed by atoms with Crippen molar-refractivity contribution in [1.29, 1.82) is 5.26 Å². The molecule has 156 valence electrons. The van der Waals surface area contributed by atoms with Gasteiger partial charge in [-0.3, -0.25) is 4.79 Å². The molecule has 9 heteroatoms. The Morgan fingerprint density at radius 1 is 1.17 bits per heavy atom. The molecule has 0 spiro atoms. The van der Waals surface area contributed by atoms with Crippen LogP contribution in [-0.2, 0) is 9.53 Å². The van der Waals surface area contributed by atoms with Gasteiger partial charge < -0.3 is 19.5 Å². The number of halogens is 2. The van der Waals surface area contributed by atoms with Gasteiger partial charge in [-0.05, 0) is 55.0 Å². The number of amides is 1. The van der Waals surface area contributed by atoms with Crippen LogP contribution in [0.4, 0.5) is 14.5 Å². The summed E-state index contributed by atoms with van der Waals surface area (Å²) in [5, 5.41) is 11.9. The lowest BCUT2D eigenvalue weighted by Gasteiger charge is -2.10. The third kappa shape index (κ3) is 6.04. The fourth-order valence-electron chi connectivity index (χ4n) is 2.39. The second kappa shape index (κ2) is 10.6. The Kier molecular flexibility index (Phi) is 7.88. The highest BCUT2D eigenvalue weighted by atomic mass is 19.3. The highest BCUT2D eigenvalue weighted by Crippen LogP contribution is 2.30. The molecular formula is C21H18F2N2O5. The van der Waals surface area contributed by atoms with E-state index in [-0.39, 0.29) is 23.7 Å². The number of esters is 1. The molecule has 1 N–H and O–H groups in total. The Hall–Kier alpha value is -3.93. The Morgan fingerprint density at radius 3 is 2.43 bits per heavy atom. The smallest absolute Gasteiger partial charge is 0.387 e. The van der Waals surface area contributed by atoms with Crippen LogP contribution in [0.5, 0.6) is 11.5 Å². The number of nitrogens with zero attached hydrogens (tertiary/aromatic N) is 1.